The Morgan fingerprint density at radius 3 is 2.54 bits per heavy atom. The molecular formula is C18H28ClN3O2. The summed E-state index contributed by atoms with van der Waals surface area (Å²) in [6.07, 6.45) is 2.73. The molecule has 2 rings (SSSR count). The lowest BCUT2D eigenvalue weighted by Gasteiger charge is -2.10. The van der Waals surface area contributed by atoms with Gasteiger partial charge < -0.3 is 16.0 Å². The topological polar surface area (TPSA) is 70.2 Å². The largest absolute Gasteiger partial charge is 0.352 e. The Labute approximate surface area is 150 Å². The summed E-state index contributed by atoms with van der Waals surface area (Å²) in [6.45, 7) is 6.37. The highest BCUT2D eigenvalue weighted by atomic mass is 35.5. The second-order valence-corrected chi connectivity index (χ2v) is 6.52. The molecule has 0 bridgehead atoms. The van der Waals surface area contributed by atoms with Crippen molar-refractivity contribution < 1.29 is 9.59 Å². The highest BCUT2D eigenvalue weighted by molar-refractivity contribution is 5.92. The van der Waals surface area contributed by atoms with E-state index in [0.29, 0.717) is 18.9 Å². The lowest BCUT2D eigenvalue weighted by molar-refractivity contribution is -0.121. The van der Waals surface area contributed by atoms with Gasteiger partial charge in [0, 0.05) is 24.6 Å². The van der Waals surface area contributed by atoms with Crippen LogP contribution in [-0.4, -0.2) is 24.9 Å². The van der Waals surface area contributed by atoms with Crippen LogP contribution in [0.3, 0.4) is 0 Å². The zero-order valence-corrected chi connectivity index (χ0v) is 15.2. The van der Waals surface area contributed by atoms with Gasteiger partial charge in [0.05, 0.1) is 0 Å². The molecule has 0 spiro atoms. The van der Waals surface area contributed by atoms with E-state index in [2.05, 4.69) is 16.0 Å². The fraction of sp³-hybridized carbons (Fsp3) is 0.556. The van der Waals surface area contributed by atoms with Gasteiger partial charge in [0.25, 0.3) is 0 Å². The first-order valence-corrected chi connectivity index (χ1v) is 8.42. The number of nitrogens with one attached hydrogen (secondary N) is 3. The van der Waals surface area contributed by atoms with Crippen LogP contribution >= 0.6 is 12.4 Å². The zero-order chi connectivity index (χ0) is 16.7. The van der Waals surface area contributed by atoms with Gasteiger partial charge in [-0.05, 0) is 49.5 Å². The van der Waals surface area contributed by atoms with Crippen LogP contribution in [0.15, 0.2) is 24.3 Å². The van der Waals surface area contributed by atoms with Crippen molar-refractivity contribution in [2.75, 3.05) is 18.4 Å². The summed E-state index contributed by atoms with van der Waals surface area (Å²) in [5.74, 6) is 0.718. The lowest BCUT2D eigenvalue weighted by atomic mass is 10.0. The van der Waals surface area contributed by atoms with Gasteiger partial charge >= 0.3 is 0 Å². The van der Waals surface area contributed by atoms with Crippen molar-refractivity contribution in [3.05, 3.63) is 29.8 Å². The molecule has 3 N–H and O–H groups in total. The Morgan fingerprint density at radius 2 is 1.96 bits per heavy atom. The first-order chi connectivity index (χ1) is 11.0. The fourth-order valence-corrected chi connectivity index (χ4v) is 2.58. The van der Waals surface area contributed by atoms with Crippen molar-refractivity contribution in [2.45, 2.75) is 39.7 Å². The Hall–Kier alpha value is -1.59. The summed E-state index contributed by atoms with van der Waals surface area (Å²) in [4.78, 5) is 23.5. The van der Waals surface area contributed by atoms with Gasteiger partial charge in [0.1, 0.15) is 0 Å². The third-order valence-electron chi connectivity index (χ3n) is 4.18. The first kappa shape index (κ1) is 20.5. The summed E-state index contributed by atoms with van der Waals surface area (Å²) in [7, 11) is 0. The molecule has 5 nitrogen and oxygen atoms in total. The molecule has 1 aromatic rings. The van der Waals surface area contributed by atoms with E-state index in [1.54, 1.807) is 0 Å². The van der Waals surface area contributed by atoms with Crippen molar-refractivity contribution in [1.82, 2.24) is 10.6 Å². The predicted octanol–water partition coefficient (Wildman–Crippen LogP) is 2.71. The van der Waals surface area contributed by atoms with Gasteiger partial charge in [-0.1, -0.05) is 26.0 Å². The van der Waals surface area contributed by atoms with Gasteiger partial charge in [0.15, 0.2) is 0 Å². The molecule has 0 saturated carbocycles. The van der Waals surface area contributed by atoms with Crippen LogP contribution in [0.2, 0.25) is 0 Å². The van der Waals surface area contributed by atoms with E-state index in [1.165, 1.54) is 6.42 Å². The minimum atomic E-state index is -0.0379. The molecule has 24 heavy (non-hydrogen) atoms. The Kier molecular flexibility index (Phi) is 8.79. The van der Waals surface area contributed by atoms with E-state index in [9.17, 15) is 9.59 Å². The van der Waals surface area contributed by atoms with Crippen LogP contribution in [0.4, 0.5) is 5.69 Å². The van der Waals surface area contributed by atoms with Crippen molar-refractivity contribution in [1.29, 1.82) is 0 Å². The van der Waals surface area contributed by atoms with Crippen molar-refractivity contribution in [3.63, 3.8) is 0 Å². The maximum absolute atomic E-state index is 11.9. The monoisotopic (exact) mass is 353 g/mol. The van der Waals surface area contributed by atoms with Gasteiger partial charge in [0.2, 0.25) is 11.8 Å². The minimum Gasteiger partial charge on any atom is -0.352 e. The number of benzene rings is 1. The molecule has 2 amide bonds. The first-order valence-electron chi connectivity index (χ1n) is 8.42. The van der Waals surface area contributed by atoms with Crippen LogP contribution in [0.5, 0.6) is 0 Å². The third kappa shape index (κ3) is 6.89. The second-order valence-electron chi connectivity index (χ2n) is 6.52. The lowest BCUT2D eigenvalue weighted by Crippen LogP contribution is -2.23. The molecule has 1 aromatic carbocycles. The maximum Gasteiger partial charge on any atom is 0.226 e. The summed E-state index contributed by atoms with van der Waals surface area (Å²) in [5, 5.41) is 9.13. The van der Waals surface area contributed by atoms with E-state index < -0.39 is 0 Å². The van der Waals surface area contributed by atoms with Gasteiger partial charge in [-0.25, -0.2) is 0 Å². The number of anilines is 1. The van der Waals surface area contributed by atoms with Crippen molar-refractivity contribution in [3.8, 4) is 0 Å². The minimum absolute atomic E-state index is 0. The number of halogens is 1. The zero-order valence-electron chi connectivity index (χ0n) is 14.4. The van der Waals surface area contributed by atoms with Crippen molar-refractivity contribution >= 4 is 29.9 Å². The van der Waals surface area contributed by atoms with E-state index >= 15 is 0 Å². The van der Waals surface area contributed by atoms with Gasteiger partial charge in [-0.3, -0.25) is 9.59 Å². The number of rotatable bonds is 7. The van der Waals surface area contributed by atoms with E-state index in [1.807, 2.05) is 38.1 Å². The fourth-order valence-electron chi connectivity index (χ4n) is 2.58. The Balaban J connectivity index is 0.00000288. The molecule has 1 aliphatic rings. The summed E-state index contributed by atoms with van der Waals surface area (Å²) < 4.78 is 0. The molecule has 0 aliphatic carbocycles. The number of hydrogen-bond acceptors (Lipinski definition) is 3. The summed E-state index contributed by atoms with van der Waals surface area (Å²) in [5.41, 5.74) is 1.82. The molecule has 1 unspecified atom stereocenters. The number of amides is 2. The smallest absolute Gasteiger partial charge is 0.226 e. The molecular weight excluding hydrogens is 326 g/mol. The maximum atomic E-state index is 11.9. The highest BCUT2D eigenvalue weighted by Gasteiger charge is 2.15. The molecule has 1 saturated heterocycles. The van der Waals surface area contributed by atoms with Crippen LogP contribution in [0, 0.1) is 11.8 Å². The molecule has 6 heteroatoms. The van der Waals surface area contributed by atoms with Crippen LogP contribution in [0.1, 0.15) is 38.7 Å². The second kappa shape index (κ2) is 10.3. The van der Waals surface area contributed by atoms with Gasteiger partial charge in [-0.15, -0.1) is 12.4 Å². The molecule has 1 atom stereocenters. The normalized spacial score (nSPS) is 16.5. The number of hydrogen-bond donors (Lipinski definition) is 3. The average Bonchev–Trinajstić information content (AvgIpc) is 3.05. The molecule has 134 valence electrons. The molecule has 1 aliphatic heterocycles. The number of carbonyl (C=O) groups excluding carboxylic acids is 2. The van der Waals surface area contributed by atoms with Crippen LogP contribution in [0.25, 0.3) is 0 Å². The SMILES string of the molecule is CC(C)C(=O)Nc1ccc(CNC(=O)CCC2CCNC2)cc1.Cl. The number of carbonyl (C=O) groups is 2. The molecule has 1 heterocycles. The Bertz CT molecular complexity index is 526. The van der Waals surface area contributed by atoms with Crippen LogP contribution < -0.4 is 16.0 Å². The predicted molar refractivity (Wildman–Crippen MR) is 99.2 cm³/mol. The van der Waals surface area contributed by atoms with E-state index in [0.717, 1.165) is 30.8 Å². The highest BCUT2D eigenvalue weighted by Crippen LogP contribution is 2.14. The summed E-state index contributed by atoms with van der Waals surface area (Å²) in [6, 6.07) is 7.59. The quantitative estimate of drug-likeness (QED) is 0.705. The van der Waals surface area contributed by atoms with E-state index in [4.69, 9.17) is 0 Å². The van der Waals surface area contributed by atoms with Crippen molar-refractivity contribution in [2.24, 2.45) is 11.8 Å². The molecule has 1 fully saturated rings. The van der Waals surface area contributed by atoms with Crippen LogP contribution in [-0.2, 0) is 16.1 Å². The standard InChI is InChI=1S/C18H27N3O2.ClH/c1-13(2)18(23)21-16-6-3-14(4-7-16)12-20-17(22)8-5-15-9-10-19-11-15;/h3-4,6-7,13,15,19H,5,8-12H2,1-2H3,(H,20,22)(H,21,23);1H. The third-order valence-corrected chi connectivity index (χ3v) is 4.18. The van der Waals surface area contributed by atoms with Gasteiger partial charge in [-0.2, -0.15) is 0 Å². The Morgan fingerprint density at radius 1 is 1.25 bits per heavy atom. The molecule has 0 radical (unpaired) electrons. The summed E-state index contributed by atoms with van der Waals surface area (Å²) >= 11 is 0. The van der Waals surface area contributed by atoms with E-state index in [-0.39, 0.29) is 30.1 Å². The molecule has 0 aromatic heterocycles. The average molecular weight is 354 g/mol.